The van der Waals surface area contributed by atoms with Crippen LogP contribution in [0.25, 0.3) is 0 Å². The summed E-state index contributed by atoms with van der Waals surface area (Å²) in [5.74, 6) is -0.996. The van der Waals surface area contributed by atoms with Gasteiger partial charge in [0.2, 0.25) is 0 Å². The molecule has 1 amide bonds. The first-order valence-electron chi connectivity index (χ1n) is 8.06. The Morgan fingerprint density at radius 3 is 2.50 bits per heavy atom. The van der Waals surface area contributed by atoms with Gasteiger partial charge in [0.1, 0.15) is 12.1 Å². The normalized spacial score (nSPS) is 13.2. The van der Waals surface area contributed by atoms with Gasteiger partial charge in [-0.3, -0.25) is 4.79 Å². The summed E-state index contributed by atoms with van der Waals surface area (Å²) < 4.78 is 5.26. The van der Waals surface area contributed by atoms with E-state index in [9.17, 15) is 9.59 Å². The molecule has 4 N–H and O–H groups in total. The number of aliphatic carboxylic acids is 1. The molecule has 0 saturated heterocycles. The van der Waals surface area contributed by atoms with Crippen LogP contribution in [-0.2, 0) is 9.53 Å². The Balaban J connectivity index is 3.69. The van der Waals surface area contributed by atoms with E-state index >= 15 is 0 Å². The van der Waals surface area contributed by atoms with Crippen LogP contribution in [0.15, 0.2) is 12.7 Å². The van der Waals surface area contributed by atoms with Gasteiger partial charge in [-0.1, -0.05) is 38.8 Å². The van der Waals surface area contributed by atoms with E-state index in [0.717, 1.165) is 19.3 Å². The van der Waals surface area contributed by atoms with Gasteiger partial charge in [0, 0.05) is 6.54 Å². The van der Waals surface area contributed by atoms with Crippen molar-refractivity contribution in [1.29, 1.82) is 0 Å². The van der Waals surface area contributed by atoms with Gasteiger partial charge in [-0.2, -0.15) is 0 Å². The SMILES string of the molecule is C=CC(CCCCCC)OC(=O)NCCCCC(N)C(=O)O. The second-order valence-corrected chi connectivity index (χ2v) is 5.40. The number of unbranched alkanes of at least 4 members (excludes halogenated alkanes) is 4. The van der Waals surface area contributed by atoms with E-state index in [0.29, 0.717) is 25.8 Å². The van der Waals surface area contributed by atoms with Crippen molar-refractivity contribution in [1.82, 2.24) is 5.32 Å². The summed E-state index contributed by atoms with van der Waals surface area (Å²) in [5.41, 5.74) is 5.39. The predicted octanol–water partition coefficient (Wildman–Crippen LogP) is 2.82. The monoisotopic (exact) mass is 314 g/mol. The maximum absolute atomic E-state index is 11.6. The third-order valence-corrected chi connectivity index (χ3v) is 3.39. The molecule has 0 aromatic heterocycles. The molecule has 2 unspecified atom stereocenters. The van der Waals surface area contributed by atoms with Crippen LogP contribution >= 0.6 is 0 Å². The zero-order valence-electron chi connectivity index (χ0n) is 13.6. The van der Waals surface area contributed by atoms with Gasteiger partial charge in [0.05, 0.1) is 0 Å². The number of amides is 1. The molecule has 128 valence electrons. The Kier molecular flexibility index (Phi) is 12.2. The number of alkyl carbamates (subject to hydrolysis) is 1. The summed E-state index contributed by atoms with van der Waals surface area (Å²) in [6.07, 6.45) is 7.97. The number of ether oxygens (including phenoxy) is 1. The summed E-state index contributed by atoms with van der Waals surface area (Å²) in [7, 11) is 0. The fourth-order valence-corrected chi connectivity index (χ4v) is 1.98. The molecule has 0 aromatic rings. The Labute approximate surface area is 133 Å². The third-order valence-electron chi connectivity index (χ3n) is 3.39. The number of carbonyl (C=O) groups excluding carboxylic acids is 1. The molecule has 0 aliphatic heterocycles. The van der Waals surface area contributed by atoms with Crippen molar-refractivity contribution >= 4 is 12.1 Å². The van der Waals surface area contributed by atoms with E-state index in [2.05, 4.69) is 18.8 Å². The van der Waals surface area contributed by atoms with E-state index in [4.69, 9.17) is 15.6 Å². The minimum absolute atomic E-state index is 0.253. The summed E-state index contributed by atoms with van der Waals surface area (Å²) in [6, 6.07) is -0.833. The summed E-state index contributed by atoms with van der Waals surface area (Å²) in [6.45, 7) is 6.28. The third kappa shape index (κ3) is 11.1. The molecule has 0 spiro atoms. The second-order valence-electron chi connectivity index (χ2n) is 5.40. The van der Waals surface area contributed by atoms with E-state index in [-0.39, 0.29) is 6.10 Å². The standard InChI is InChI=1S/C16H30N2O4/c1-3-5-6-7-10-13(4-2)22-16(21)18-12-9-8-11-14(17)15(19)20/h4,13-14H,2-3,5-12,17H2,1H3,(H,18,21)(H,19,20). The molecule has 0 bridgehead atoms. The van der Waals surface area contributed by atoms with Gasteiger partial charge in [-0.15, -0.1) is 0 Å². The quantitative estimate of drug-likeness (QED) is 0.358. The lowest BCUT2D eigenvalue weighted by Crippen LogP contribution is -2.31. The highest BCUT2D eigenvalue weighted by Crippen LogP contribution is 2.09. The molecule has 0 aliphatic rings. The van der Waals surface area contributed by atoms with E-state index in [1.807, 2.05) is 0 Å². The number of rotatable bonds is 13. The minimum Gasteiger partial charge on any atom is -0.480 e. The summed E-state index contributed by atoms with van der Waals surface area (Å²) >= 11 is 0. The molecular weight excluding hydrogens is 284 g/mol. The topological polar surface area (TPSA) is 102 Å². The van der Waals surface area contributed by atoms with Crippen molar-refractivity contribution in [2.24, 2.45) is 5.73 Å². The minimum atomic E-state index is -0.996. The number of nitrogens with one attached hydrogen (secondary N) is 1. The molecule has 6 nitrogen and oxygen atoms in total. The maximum Gasteiger partial charge on any atom is 0.407 e. The molecule has 0 saturated carbocycles. The van der Waals surface area contributed by atoms with Crippen LogP contribution in [0, 0.1) is 0 Å². The average Bonchev–Trinajstić information content (AvgIpc) is 2.49. The molecule has 0 radical (unpaired) electrons. The summed E-state index contributed by atoms with van der Waals surface area (Å²) in [4.78, 5) is 22.1. The lowest BCUT2D eigenvalue weighted by atomic mass is 10.1. The van der Waals surface area contributed by atoms with Crippen LogP contribution in [-0.4, -0.2) is 35.9 Å². The summed E-state index contributed by atoms with van der Waals surface area (Å²) in [5, 5.41) is 11.3. The molecule has 0 aromatic carbocycles. The fourth-order valence-electron chi connectivity index (χ4n) is 1.98. The number of carboxylic acids is 1. The first-order chi connectivity index (χ1) is 10.5. The average molecular weight is 314 g/mol. The van der Waals surface area contributed by atoms with Crippen molar-refractivity contribution in [2.75, 3.05) is 6.54 Å². The van der Waals surface area contributed by atoms with Crippen LogP contribution < -0.4 is 11.1 Å². The number of hydrogen-bond acceptors (Lipinski definition) is 4. The molecule has 0 fully saturated rings. The maximum atomic E-state index is 11.6. The lowest BCUT2D eigenvalue weighted by Gasteiger charge is -2.14. The smallest absolute Gasteiger partial charge is 0.407 e. The molecule has 6 heteroatoms. The van der Waals surface area contributed by atoms with Crippen LogP contribution in [0.5, 0.6) is 0 Å². The van der Waals surface area contributed by atoms with Gasteiger partial charge < -0.3 is 20.9 Å². The highest BCUT2D eigenvalue weighted by Gasteiger charge is 2.12. The van der Waals surface area contributed by atoms with Crippen LogP contribution in [0.4, 0.5) is 4.79 Å². The lowest BCUT2D eigenvalue weighted by molar-refractivity contribution is -0.138. The van der Waals surface area contributed by atoms with Crippen molar-refractivity contribution in [2.45, 2.75) is 70.4 Å². The highest BCUT2D eigenvalue weighted by molar-refractivity contribution is 5.72. The molecule has 0 aliphatic carbocycles. The van der Waals surface area contributed by atoms with Crippen LogP contribution in [0.3, 0.4) is 0 Å². The number of nitrogens with two attached hydrogens (primary N) is 1. The van der Waals surface area contributed by atoms with Gasteiger partial charge in [-0.05, 0) is 32.1 Å². The molecule has 22 heavy (non-hydrogen) atoms. The largest absolute Gasteiger partial charge is 0.480 e. The van der Waals surface area contributed by atoms with E-state index in [1.165, 1.54) is 12.8 Å². The zero-order chi connectivity index (χ0) is 16.8. The predicted molar refractivity (Wildman–Crippen MR) is 86.7 cm³/mol. The first-order valence-corrected chi connectivity index (χ1v) is 8.06. The van der Waals surface area contributed by atoms with Crippen LogP contribution in [0.2, 0.25) is 0 Å². The number of carboxylic acid groups (broad SMARTS) is 1. The van der Waals surface area contributed by atoms with Crippen molar-refractivity contribution in [3.63, 3.8) is 0 Å². The van der Waals surface area contributed by atoms with Crippen molar-refractivity contribution in [3.8, 4) is 0 Å². The Morgan fingerprint density at radius 2 is 1.91 bits per heavy atom. The van der Waals surface area contributed by atoms with E-state index < -0.39 is 18.1 Å². The molecule has 0 rings (SSSR count). The van der Waals surface area contributed by atoms with Gasteiger partial charge in [-0.25, -0.2) is 4.79 Å². The van der Waals surface area contributed by atoms with E-state index in [1.54, 1.807) is 6.08 Å². The Morgan fingerprint density at radius 1 is 1.23 bits per heavy atom. The van der Waals surface area contributed by atoms with Gasteiger partial charge in [0.15, 0.2) is 0 Å². The van der Waals surface area contributed by atoms with Gasteiger partial charge in [0.25, 0.3) is 0 Å². The van der Waals surface area contributed by atoms with Crippen molar-refractivity contribution < 1.29 is 19.4 Å². The number of hydrogen-bond donors (Lipinski definition) is 3. The molecule has 0 heterocycles. The molecular formula is C16H30N2O4. The Bertz CT molecular complexity index is 334. The second kappa shape index (κ2) is 13.1. The van der Waals surface area contributed by atoms with Crippen LogP contribution in [0.1, 0.15) is 58.3 Å². The van der Waals surface area contributed by atoms with Gasteiger partial charge >= 0.3 is 12.1 Å². The van der Waals surface area contributed by atoms with Crippen molar-refractivity contribution in [3.05, 3.63) is 12.7 Å². The first kappa shape index (κ1) is 20.4. The Hall–Kier alpha value is -1.56. The zero-order valence-corrected chi connectivity index (χ0v) is 13.6. The number of carbonyl (C=O) groups is 2. The molecule has 2 atom stereocenters. The highest BCUT2D eigenvalue weighted by atomic mass is 16.6. The fraction of sp³-hybridized carbons (Fsp3) is 0.750.